The molecule has 1 aromatic carbocycles. The summed E-state index contributed by atoms with van der Waals surface area (Å²) in [4.78, 5) is 0. The van der Waals surface area contributed by atoms with E-state index in [1.165, 1.54) is 0 Å². The Morgan fingerprint density at radius 2 is 2.00 bits per heavy atom. The summed E-state index contributed by atoms with van der Waals surface area (Å²) in [6.45, 7) is 0.598. The van der Waals surface area contributed by atoms with Crippen LogP contribution in [0.25, 0.3) is 10.9 Å². The van der Waals surface area contributed by atoms with Crippen LogP contribution in [-0.4, -0.2) is 30.3 Å². The van der Waals surface area contributed by atoms with Crippen molar-refractivity contribution >= 4 is 10.9 Å². The Morgan fingerprint density at radius 1 is 1.27 bits per heavy atom. The molecule has 4 heteroatoms. The van der Waals surface area contributed by atoms with Crippen LogP contribution in [0, 0.1) is 0 Å². The van der Waals surface area contributed by atoms with Crippen molar-refractivity contribution in [2.75, 3.05) is 14.2 Å². The zero-order valence-electron chi connectivity index (χ0n) is 8.88. The molecule has 0 spiro atoms. The molecule has 2 rings (SSSR count). The highest BCUT2D eigenvalue weighted by atomic mass is 16.7. The molecule has 15 heavy (non-hydrogen) atoms. The van der Waals surface area contributed by atoms with E-state index in [2.05, 4.69) is 5.10 Å². The quantitative estimate of drug-likeness (QED) is 0.714. The Morgan fingerprint density at radius 3 is 2.73 bits per heavy atom. The highest BCUT2D eigenvalue weighted by Crippen LogP contribution is 2.13. The van der Waals surface area contributed by atoms with E-state index in [1.807, 2.05) is 35.1 Å². The lowest BCUT2D eigenvalue weighted by Gasteiger charge is -2.13. The fourth-order valence-electron chi connectivity index (χ4n) is 1.56. The van der Waals surface area contributed by atoms with E-state index in [0.717, 1.165) is 10.9 Å². The van der Waals surface area contributed by atoms with Gasteiger partial charge in [-0.15, -0.1) is 0 Å². The number of hydrogen-bond acceptors (Lipinski definition) is 3. The van der Waals surface area contributed by atoms with E-state index in [0.29, 0.717) is 6.54 Å². The first-order chi connectivity index (χ1) is 7.35. The van der Waals surface area contributed by atoms with Gasteiger partial charge in [-0.05, 0) is 6.07 Å². The zero-order valence-corrected chi connectivity index (χ0v) is 8.88. The van der Waals surface area contributed by atoms with Crippen LogP contribution in [0.3, 0.4) is 0 Å². The first-order valence-corrected chi connectivity index (χ1v) is 4.81. The topological polar surface area (TPSA) is 36.3 Å². The van der Waals surface area contributed by atoms with Crippen molar-refractivity contribution in [1.82, 2.24) is 9.78 Å². The van der Waals surface area contributed by atoms with Crippen LogP contribution in [0.4, 0.5) is 0 Å². The maximum Gasteiger partial charge on any atom is 0.176 e. The predicted octanol–water partition coefficient (Wildman–Crippen LogP) is 1.66. The first kappa shape index (κ1) is 10.1. The molecule has 0 amide bonds. The summed E-state index contributed by atoms with van der Waals surface area (Å²) in [7, 11) is 3.25. The SMILES string of the molecule is COC(Cn1ncc2ccccc21)OC. The van der Waals surface area contributed by atoms with E-state index in [4.69, 9.17) is 9.47 Å². The maximum absolute atomic E-state index is 5.14. The van der Waals surface area contributed by atoms with Crippen molar-refractivity contribution in [2.45, 2.75) is 12.8 Å². The normalized spacial score (nSPS) is 11.4. The molecule has 0 unspecified atom stereocenters. The number of benzene rings is 1. The lowest BCUT2D eigenvalue weighted by Crippen LogP contribution is -2.21. The van der Waals surface area contributed by atoms with Crippen LogP contribution in [0.5, 0.6) is 0 Å². The largest absolute Gasteiger partial charge is 0.354 e. The molecule has 1 heterocycles. The fourth-order valence-corrected chi connectivity index (χ4v) is 1.56. The van der Waals surface area contributed by atoms with Gasteiger partial charge in [-0.25, -0.2) is 0 Å². The second kappa shape index (κ2) is 4.42. The second-order valence-electron chi connectivity index (χ2n) is 3.29. The van der Waals surface area contributed by atoms with Gasteiger partial charge >= 0.3 is 0 Å². The number of hydrogen-bond donors (Lipinski definition) is 0. The van der Waals surface area contributed by atoms with Crippen LogP contribution >= 0.6 is 0 Å². The highest BCUT2D eigenvalue weighted by molar-refractivity contribution is 5.78. The van der Waals surface area contributed by atoms with Crippen molar-refractivity contribution in [1.29, 1.82) is 0 Å². The minimum atomic E-state index is -0.256. The standard InChI is InChI=1S/C11H14N2O2/c1-14-11(15-2)8-13-10-6-4-3-5-9(10)7-12-13/h3-7,11H,8H2,1-2H3. The van der Waals surface area contributed by atoms with Crippen molar-refractivity contribution < 1.29 is 9.47 Å². The molecule has 0 aliphatic heterocycles. The Kier molecular flexibility index (Phi) is 2.99. The molecule has 2 aromatic rings. The molecule has 0 aliphatic carbocycles. The monoisotopic (exact) mass is 206 g/mol. The molecule has 1 aromatic heterocycles. The number of nitrogens with zero attached hydrogens (tertiary/aromatic N) is 2. The van der Waals surface area contributed by atoms with Crippen molar-refractivity contribution in [3.63, 3.8) is 0 Å². The molecule has 4 nitrogen and oxygen atoms in total. The van der Waals surface area contributed by atoms with Gasteiger partial charge < -0.3 is 9.47 Å². The average Bonchev–Trinajstić information content (AvgIpc) is 2.69. The average molecular weight is 206 g/mol. The van der Waals surface area contributed by atoms with E-state index >= 15 is 0 Å². The number of aromatic nitrogens is 2. The van der Waals surface area contributed by atoms with Crippen molar-refractivity contribution in [2.24, 2.45) is 0 Å². The predicted molar refractivity (Wildman–Crippen MR) is 57.5 cm³/mol. The van der Waals surface area contributed by atoms with Gasteiger partial charge in [-0.3, -0.25) is 4.68 Å². The molecule has 80 valence electrons. The van der Waals surface area contributed by atoms with Crippen LogP contribution < -0.4 is 0 Å². The number of fused-ring (bicyclic) bond motifs is 1. The van der Waals surface area contributed by atoms with Crippen LogP contribution in [0.1, 0.15) is 0 Å². The molecule has 0 saturated carbocycles. The van der Waals surface area contributed by atoms with E-state index in [9.17, 15) is 0 Å². The fraction of sp³-hybridized carbons (Fsp3) is 0.364. The van der Waals surface area contributed by atoms with Gasteiger partial charge in [-0.1, -0.05) is 18.2 Å². The van der Waals surface area contributed by atoms with E-state index in [-0.39, 0.29) is 6.29 Å². The molecular formula is C11H14N2O2. The summed E-state index contributed by atoms with van der Waals surface area (Å²) < 4.78 is 12.2. The highest BCUT2D eigenvalue weighted by Gasteiger charge is 2.08. The van der Waals surface area contributed by atoms with Crippen molar-refractivity contribution in [3.8, 4) is 0 Å². The Hall–Kier alpha value is -1.39. The number of methoxy groups -OCH3 is 2. The van der Waals surface area contributed by atoms with Gasteiger partial charge in [0.25, 0.3) is 0 Å². The van der Waals surface area contributed by atoms with Gasteiger partial charge in [0.2, 0.25) is 0 Å². The smallest absolute Gasteiger partial charge is 0.176 e. The van der Waals surface area contributed by atoms with Gasteiger partial charge in [-0.2, -0.15) is 5.10 Å². The van der Waals surface area contributed by atoms with Crippen LogP contribution in [0.2, 0.25) is 0 Å². The summed E-state index contributed by atoms with van der Waals surface area (Å²) in [6.07, 6.45) is 1.59. The summed E-state index contributed by atoms with van der Waals surface area (Å²) in [5.74, 6) is 0. The minimum Gasteiger partial charge on any atom is -0.354 e. The summed E-state index contributed by atoms with van der Waals surface area (Å²) in [6, 6.07) is 8.06. The van der Waals surface area contributed by atoms with Gasteiger partial charge in [0.05, 0.1) is 18.3 Å². The lowest BCUT2D eigenvalue weighted by molar-refractivity contribution is -0.111. The van der Waals surface area contributed by atoms with Gasteiger partial charge in [0.15, 0.2) is 6.29 Å². The zero-order chi connectivity index (χ0) is 10.7. The molecular weight excluding hydrogens is 192 g/mol. The molecule has 0 atom stereocenters. The van der Waals surface area contributed by atoms with Gasteiger partial charge in [0.1, 0.15) is 0 Å². The number of para-hydroxylation sites is 1. The summed E-state index contributed by atoms with van der Waals surface area (Å²) in [5, 5.41) is 5.42. The maximum atomic E-state index is 5.14. The molecule has 0 bridgehead atoms. The molecule has 0 saturated heterocycles. The third kappa shape index (κ3) is 2.00. The van der Waals surface area contributed by atoms with Crippen molar-refractivity contribution in [3.05, 3.63) is 30.5 Å². The number of rotatable bonds is 4. The van der Waals surface area contributed by atoms with E-state index in [1.54, 1.807) is 14.2 Å². The third-order valence-corrected chi connectivity index (χ3v) is 2.40. The number of ether oxygens (including phenoxy) is 2. The van der Waals surface area contributed by atoms with E-state index < -0.39 is 0 Å². The second-order valence-corrected chi connectivity index (χ2v) is 3.29. The molecule has 0 aliphatic rings. The minimum absolute atomic E-state index is 0.256. The summed E-state index contributed by atoms with van der Waals surface area (Å²) in [5.41, 5.74) is 1.09. The molecule has 0 N–H and O–H groups in total. The van der Waals surface area contributed by atoms with Crippen LogP contribution in [0.15, 0.2) is 30.5 Å². The molecule has 0 fully saturated rings. The Balaban J connectivity index is 2.28. The van der Waals surface area contributed by atoms with Gasteiger partial charge in [0, 0.05) is 19.6 Å². The lowest BCUT2D eigenvalue weighted by atomic mass is 10.2. The first-order valence-electron chi connectivity index (χ1n) is 4.81. The Bertz CT molecular complexity index is 435. The van der Waals surface area contributed by atoms with Crippen LogP contribution in [-0.2, 0) is 16.0 Å². The third-order valence-electron chi connectivity index (χ3n) is 2.40. The Labute approximate surface area is 88.4 Å². The molecule has 0 radical (unpaired) electrons. The summed E-state index contributed by atoms with van der Waals surface area (Å²) >= 11 is 0.